The zero-order valence-corrected chi connectivity index (χ0v) is 17.3. The number of benzene rings is 2. The first-order valence-corrected chi connectivity index (χ1v) is 10.3. The van der Waals surface area contributed by atoms with Crippen LogP contribution in [0.5, 0.6) is 0 Å². The molecule has 1 fully saturated rings. The van der Waals surface area contributed by atoms with Crippen LogP contribution in [0, 0.1) is 19.8 Å². The van der Waals surface area contributed by atoms with Gasteiger partial charge in [0.2, 0.25) is 5.91 Å². The molecule has 2 amide bonds. The van der Waals surface area contributed by atoms with Crippen molar-refractivity contribution in [3.05, 3.63) is 71.4 Å². The maximum atomic E-state index is 13.0. The summed E-state index contributed by atoms with van der Waals surface area (Å²) in [5.74, 6) is -0.264. The Morgan fingerprint density at radius 2 is 1.90 bits per heavy atom. The lowest BCUT2D eigenvalue weighted by Crippen LogP contribution is -2.43. The number of H-pyrrole nitrogens is 1. The van der Waals surface area contributed by atoms with Crippen molar-refractivity contribution in [1.82, 2.24) is 15.1 Å². The maximum Gasteiger partial charge on any atom is 0.253 e. The third-order valence-electron chi connectivity index (χ3n) is 5.49. The van der Waals surface area contributed by atoms with Crippen molar-refractivity contribution in [2.75, 3.05) is 18.4 Å². The van der Waals surface area contributed by atoms with Crippen LogP contribution in [0.1, 0.15) is 34.3 Å². The number of carbonyl (C=O) groups excluding carboxylic acids is 2. The number of likely N-dealkylation sites (tertiary alicyclic amines) is 1. The Balaban J connectivity index is 1.44. The van der Waals surface area contributed by atoms with E-state index in [-0.39, 0.29) is 17.7 Å². The summed E-state index contributed by atoms with van der Waals surface area (Å²) in [6, 6.07) is 15.4. The van der Waals surface area contributed by atoms with E-state index in [1.54, 1.807) is 6.20 Å². The lowest BCUT2D eigenvalue weighted by molar-refractivity contribution is -0.121. The highest BCUT2D eigenvalue weighted by Gasteiger charge is 2.29. The number of hydrogen-bond acceptors (Lipinski definition) is 3. The third kappa shape index (κ3) is 4.43. The molecular weight excluding hydrogens is 376 g/mol. The van der Waals surface area contributed by atoms with Gasteiger partial charge in [-0.3, -0.25) is 14.7 Å². The highest BCUT2D eigenvalue weighted by molar-refractivity contribution is 5.96. The number of aromatic amines is 1. The Kier molecular flexibility index (Phi) is 5.65. The summed E-state index contributed by atoms with van der Waals surface area (Å²) in [6.45, 7) is 5.12. The molecule has 2 aromatic carbocycles. The number of aromatic nitrogens is 2. The number of anilines is 1. The fourth-order valence-corrected chi connectivity index (χ4v) is 4.08. The summed E-state index contributed by atoms with van der Waals surface area (Å²) in [6.07, 6.45) is 3.30. The van der Waals surface area contributed by atoms with Crippen molar-refractivity contribution in [2.45, 2.75) is 26.7 Å². The molecule has 1 saturated heterocycles. The number of aryl methyl sites for hydroxylation is 2. The Labute approximate surface area is 176 Å². The van der Waals surface area contributed by atoms with Crippen LogP contribution in [0.15, 0.2) is 54.7 Å². The van der Waals surface area contributed by atoms with Crippen molar-refractivity contribution >= 4 is 17.5 Å². The average molecular weight is 402 g/mol. The van der Waals surface area contributed by atoms with Gasteiger partial charge >= 0.3 is 0 Å². The van der Waals surface area contributed by atoms with Crippen LogP contribution in [-0.4, -0.2) is 40.0 Å². The van der Waals surface area contributed by atoms with Crippen molar-refractivity contribution in [3.63, 3.8) is 0 Å². The molecule has 2 heterocycles. The predicted molar refractivity (Wildman–Crippen MR) is 117 cm³/mol. The van der Waals surface area contributed by atoms with E-state index >= 15 is 0 Å². The number of amides is 2. The van der Waals surface area contributed by atoms with Crippen LogP contribution in [0.25, 0.3) is 11.3 Å². The second-order valence-electron chi connectivity index (χ2n) is 8.01. The summed E-state index contributed by atoms with van der Waals surface area (Å²) < 4.78 is 0. The van der Waals surface area contributed by atoms with Gasteiger partial charge < -0.3 is 10.2 Å². The van der Waals surface area contributed by atoms with Crippen LogP contribution < -0.4 is 5.32 Å². The normalized spacial score (nSPS) is 16.3. The molecule has 0 saturated carbocycles. The SMILES string of the molecule is Cc1cc(C)cc(C(=O)N2CCC[C@H](C(=O)Nc3cccc(-c4ccn[nH]4)c3)C2)c1. The molecule has 30 heavy (non-hydrogen) atoms. The van der Waals surface area contributed by atoms with Crippen LogP contribution in [0.3, 0.4) is 0 Å². The summed E-state index contributed by atoms with van der Waals surface area (Å²) in [5.41, 5.74) is 5.43. The molecular formula is C24H26N4O2. The standard InChI is InChI=1S/C24H26N4O2/c1-16-11-17(2)13-20(12-16)24(30)28-10-4-6-19(15-28)23(29)26-21-7-3-5-18(14-21)22-8-9-25-27-22/h3,5,7-9,11-14,19H,4,6,10,15H2,1-2H3,(H,25,27)(H,26,29)/t19-/m0/s1. The van der Waals surface area contributed by atoms with E-state index in [0.717, 1.165) is 40.9 Å². The third-order valence-corrected chi connectivity index (χ3v) is 5.49. The van der Waals surface area contributed by atoms with E-state index in [1.165, 1.54) is 0 Å². The molecule has 154 valence electrons. The van der Waals surface area contributed by atoms with Gasteiger partial charge in [0.15, 0.2) is 0 Å². The molecule has 1 aliphatic heterocycles. The average Bonchev–Trinajstić information content (AvgIpc) is 3.28. The Bertz CT molecular complexity index is 1040. The lowest BCUT2D eigenvalue weighted by atomic mass is 9.96. The fraction of sp³-hybridized carbons (Fsp3) is 0.292. The van der Waals surface area contributed by atoms with Crippen LogP contribution in [0.2, 0.25) is 0 Å². The first-order chi connectivity index (χ1) is 14.5. The van der Waals surface area contributed by atoms with E-state index in [4.69, 9.17) is 0 Å². The number of piperidine rings is 1. The summed E-state index contributed by atoms with van der Waals surface area (Å²) >= 11 is 0. The fourth-order valence-electron chi connectivity index (χ4n) is 4.08. The lowest BCUT2D eigenvalue weighted by Gasteiger charge is -2.32. The molecule has 0 bridgehead atoms. The van der Waals surface area contributed by atoms with Crippen molar-refractivity contribution < 1.29 is 9.59 Å². The van der Waals surface area contributed by atoms with Gasteiger partial charge in [-0.1, -0.05) is 29.3 Å². The Morgan fingerprint density at radius 3 is 2.63 bits per heavy atom. The largest absolute Gasteiger partial charge is 0.338 e. The second kappa shape index (κ2) is 8.53. The topological polar surface area (TPSA) is 78.1 Å². The summed E-state index contributed by atoms with van der Waals surface area (Å²) in [7, 11) is 0. The molecule has 0 aliphatic carbocycles. The van der Waals surface area contributed by atoms with Gasteiger partial charge in [0.25, 0.3) is 5.91 Å². The van der Waals surface area contributed by atoms with Gasteiger partial charge in [-0.15, -0.1) is 0 Å². The number of carbonyl (C=O) groups is 2. The van der Waals surface area contributed by atoms with E-state index < -0.39 is 0 Å². The minimum Gasteiger partial charge on any atom is -0.338 e. The van der Waals surface area contributed by atoms with E-state index in [0.29, 0.717) is 18.7 Å². The van der Waals surface area contributed by atoms with Crippen molar-refractivity contribution in [1.29, 1.82) is 0 Å². The van der Waals surface area contributed by atoms with E-state index in [9.17, 15) is 9.59 Å². The minimum atomic E-state index is -0.218. The molecule has 0 radical (unpaired) electrons. The van der Waals surface area contributed by atoms with Gasteiger partial charge in [0, 0.05) is 36.1 Å². The molecule has 3 aromatic rings. The van der Waals surface area contributed by atoms with Crippen LogP contribution in [0.4, 0.5) is 5.69 Å². The minimum absolute atomic E-state index is 0.000502. The highest BCUT2D eigenvalue weighted by atomic mass is 16.2. The molecule has 6 nitrogen and oxygen atoms in total. The quantitative estimate of drug-likeness (QED) is 0.687. The molecule has 6 heteroatoms. The molecule has 4 rings (SSSR count). The molecule has 0 spiro atoms. The monoisotopic (exact) mass is 402 g/mol. The van der Waals surface area contributed by atoms with Crippen molar-refractivity contribution in [2.24, 2.45) is 5.92 Å². The van der Waals surface area contributed by atoms with Crippen molar-refractivity contribution in [3.8, 4) is 11.3 Å². The Morgan fingerprint density at radius 1 is 1.10 bits per heavy atom. The first-order valence-electron chi connectivity index (χ1n) is 10.3. The summed E-state index contributed by atoms with van der Waals surface area (Å²) in [5, 5.41) is 9.93. The smallest absolute Gasteiger partial charge is 0.253 e. The Hall–Kier alpha value is -3.41. The molecule has 1 aliphatic rings. The van der Waals surface area contributed by atoms with Crippen LogP contribution >= 0.6 is 0 Å². The van der Waals surface area contributed by atoms with E-state index in [2.05, 4.69) is 21.6 Å². The first kappa shape index (κ1) is 19.9. The number of nitrogens with zero attached hydrogens (tertiary/aromatic N) is 2. The molecule has 1 atom stereocenters. The van der Waals surface area contributed by atoms with Gasteiger partial charge in [-0.2, -0.15) is 5.10 Å². The van der Waals surface area contributed by atoms with Gasteiger partial charge in [0.05, 0.1) is 11.6 Å². The maximum absolute atomic E-state index is 13.0. The zero-order chi connectivity index (χ0) is 21.1. The van der Waals surface area contributed by atoms with Gasteiger partial charge in [-0.25, -0.2) is 0 Å². The number of hydrogen-bond donors (Lipinski definition) is 2. The van der Waals surface area contributed by atoms with Gasteiger partial charge in [0.1, 0.15) is 0 Å². The zero-order valence-electron chi connectivity index (χ0n) is 17.3. The van der Waals surface area contributed by atoms with Gasteiger partial charge in [-0.05, 0) is 57.0 Å². The molecule has 2 N–H and O–H groups in total. The predicted octanol–water partition coefficient (Wildman–Crippen LogP) is 4.18. The highest BCUT2D eigenvalue weighted by Crippen LogP contribution is 2.24. The molecule has 1 aromatic heterocycles. The number of rotatable bonds is 4. The van der Waals surface area contributed by atoms with Crippen LogP contribution in [-0.2, 0) is 4.79 Å². The summed E-state index contributed by atoms with van der Waals surface area (Å²) in [4.78, 5) is 27.7. The second-order valence-corrected chi connectivity index (χ2v) is 8.01. The molecule has 0 unspecified atom stereocenters. The number of nitrogens with one attached hydrogen (secondary N) is 2. The van der Waals surface area contributed by atoms with E-state index in [1.807, 2.05) is 61.2 Å².